The number of imidazole rings is 1. The van der Waals surface area contributed by atoms with E-state index < -0.39 is 0 Å². The van der Waals surface area contributed by atoms with E-state index in [1.165, 1.54) is 17.3 Å². The molecule has 0 saturated carbocycles. The number of thioether (sulfide) groups is 1. The van der Waals surface area contributed by atoms with Gasteiger partial charge in [0, 0.05) is 19.6 Å². The van der Waals surface area contributed by atoms with Crippen LogP contribution in [0.15, 0.2) is 35.6 Å². The van der Waals surface area contributed by atoms with Gasteiger partial charge in [0.15, 0.2) is 5.16 Å². The van der Waals surface area contributed by atoms with E-state index in [-0.39, 0.29) is 24.7 Å². The normalized spacial score (nSPS) is 20.1. The van der Waals surface area contributed by atoms with Crippen molar-refractivity contribution in [3.8, 4) is 0 Å². The number of aryl methyl sites for hydroxylation is 1. The van der Waals surface area contributed by atoms with Crippen molar-refractivity contribution in [1.82, 2.24) is 14.5 Å². The number of carbonyl (C=O) groups is 1. The minimum Gasteiger partial charge on any atom is -0.390 e. The average Bonchev–Trinajstić information content (AvgIpc) is 3.02. The number of nitrogens with zero attached hydrogens (tertiary/aromatic N) is 3. The van der Waals surface area contributed by atoms with E-state index in [9.17, 15) is 9.90 Å². The van der Waals surface area contributed by atoms with Gasteiger partial charge in [-0.1, -0.05) is 41.6 Å². The zero-order chi connectivity index (χ0) is 19.4. The van der Waals surface area contributed by atoms with Crippen molar-refractivity contribution < 1.29 is 14.6 Å². The van der Waals surface area contributed by atoms with E-state index in [4.69, 9.17) is 4.74 Å². The van der Waals surface area contributed by atoms with Gasteiger partial charge in [0.1, 0.15) is 0 Å². The average molecular weight is 390 g/mol. The van der Waals surface area contributed by atoms with Gasteiger partial charge in [0.25, 0.3) is 0 Å². The van der Waals surface area contributed by atoms with E-state index in [1.54, 1.807) is 6.20 Å². The molecule has 146 valence electrons. The molecular weight excluding hydrogens is 362 g/mol. The summed E-state index contributed by atoms with van der Waals surface area (Å²) in [6.07, 6.45) is 1.80. The molecule has 2 atom stereocenters. The fraction of sp³-hybridized carbons (Fsp3) is 0.500. The molecule has 0 bridgehead atoms. The number of carbonyl (C=O) groups excluding carboxylic acids is 1. The molecule has 1 aliphatic rings. The summed E-state index contributed by atoms with van der Waals surface area (Å²) in [5, 5.41) is 10.4. The molecular formula is C20H27N3O3S. The topological polar surface area (TPSA) is 67.6 Å². The lowest BCUT2D eigenvalue weighted by Gasteiger charge is -2.35. The first-order chi connectivity index (χ1) is 13.0. The van der Waals surface area contributed by atoms with E-state index >= 15 is 0 Å². The van der Waals surface area contributed by atoms with E-state index in [2.05, 4.69) is 36.2 Å². The van der Waals surface area contributed by atoms with Gasteiger partial charge in [0.05, 0.1) is 36.5 Å². The third-order valence-corrected chi connectivity index (χ3v) is 5.60. The van der Waals surface area contributed by atoms with Crippen LogP contribution >= 0.6 is 11.8 Å². The number of benzene rings is 1. The lowest BCUT2D eigenvalue weighted by atomic mass is 10.1. The number of aromatic nitrogens is 2. The van der Waals surface area contributed by atoms with Crippen molar-refractivity contribution in [3.63, 3.8) is 0 Å². The molecule has 0 radical (unpaired) electrons. The standard InChI is InChI=1S/C20H27N3O3S/c1-14-4-6-17(7-5-14)11-23-18(12-24)8-21-20(23)27-13-19(25)22-9-15(2)26-16(3)10-22/h4-8,15-16,24H,9-13H2,1-3H3/t15-,16-/m1/s1. The van der Waals surface area contributed by atoms with Crippen molar-refractivity contribution in [2.24, 2.45) is 0 Å². The van der Waals surface area contributed by atoms with Gasteiger partial charge in [-0.2, -0.15) is 0 Å². The first-order valence-electron chi connectivity index (χ1n) is 9.23. The maximum atomic E-state index is 12.6. The lowest BCUT2D eigenvalue weighted by Crippen LogP contribution is -2.48. The molecule has 1 N–H and O–H groups in total. The van der Waals surface area contributed by atoms with Crippen LogP contribution in [0.3, 0.4) is 0 Å². The van der Waals surface area contributed by atoms with Crippen LogP contribution in [0.5, 0.6) is 0 Å². The molecule has 1 aromatic heterocycles. The molecule has 7 heteroatoms. The lowest BCUT2D eigenvalue weighted by molar-refractivity contribution is -0.140. The third kappa shape index (κ3) is 5.12. The zero-order valence-electron chi connectivity index (χ0n) is 16.1. The molecule has 1 amide bonds. The molecule has 2 aromatic rings. The number of hydrogen-bond donors (Lipinski definition) is 1. The van der Waals surface area contributed by atoms with Crippen LogP contribution in [0.1, 0.15) is 30.7 Å². The molecule has 1 aliphatic heterocycles. The highest BCUT2D eigenvalue weighted by Crippen LogP contribution is 2.22. The Morgan fingerprint density at radius 2 is 1.93 bits per heavy atom. The van der Waals surface area contributed by atoms with E-state index in [0.717, 1.165) is 16.4 Å². The summed E-state index contributed by atoms with van der Waals surface area (Å²) in [5.74, 6) is 0.423. The Balaban J connectivity index is 1.67. The molecule has 1 fully saturated rings. The Morgan fingerprint density at radius 1 is 1.26 bits per heavy atom. The SMILES string of the molecule is Cc1ccc(Cn2c(CO)cnc2SCC(=O)N2C[C@@H](C)O[C@H](C)C2)cc1. The van der Waals surface area contributed by atoms with Crippen molar-refractivity contribution in [3.05, 3.63) is 47.3 Å². The van der Waals surface area contributed by atoms with Crippen molar-refractivity contribution in [1.29, 1.82) is 0 Å². The molecule has 0 spiro atoms. The van der Waals surface area contributed by atoms with Gasteiger partial charge < -0.3 is 19.3 Å². The van der Waals surface area contributed by atoms with Crippen LogP contribution in [0.2, 0.25) is 0 Å². The highest BCUT2D eigenvalue weighted by atomic mass is 32.2. The number of ether oxygens (including phenoxy) is 1. The van der Waals surface area contributed by atoms with Crippen LogP contribution in [0.25, 0.3) is 0 Å². The first-order valence-corrected chi connectivity index (χ1v) is 10.2. The summed E-state index contributed by atoms with van der Waals surface area (Å²) in [5.41, 5.74) is 3.09. The Hall–Kier alpha value is -1.83. The summed E-state index contributed by atoms with van der Waals surface area (Å²) in [7, 11) is 0. The number of rotatable bonds is 6. The van der Waals surface area contributed by atoms with Crippen LogP contribution < -0.4 is 0 Å². The van der Waals surface area contributed by atoms with Gasteiger partial charge >= 0.3 is 0 Å². The van der Waals surface area contributed by atoms with Crippen LogP contribution in [0, 0.1) is 6.92 Å². The number of aliphatic hydroxyl groups is 1. The highest BCUT2D eigenvalue weighted by Gasteiger charge is 2.26. The van der Waals surface area contributed by atoms with Gasteiger partial charge in [-0.15, -0.1) is 0 Å². The molecule has 1 saturated heterocycles. The summed E-state index contributed by atoms with van der Waals surface area (Å²) in [6, 6.07) is 8.29. The third-order valence-electron chi connectivity index (χ3n) is 4.62. The second-order valence-corrected chi connectivity index (χ2v) is 8.05. The number of amides is 1. The molecule has 1 aromatic carbocycles. The molecule has 3 rings (SSSR count). The van der Waals surface area contributed by atoms with Gasteiger partial charge in [-0.25, -0.2) is 4.98 Å². The maximum absolute atomic E-state index is 12.6. The number of hydrogen-bond acceptors (Lipinski definition) is 5. The van der Waals surface area contributed by atoms with Crippen molar-refractivity contribution >= 4 is 17.7 Å². The second-order valence-electron chi connectivity index (χ2n) is 7.11. The largest absolute Gasteiger partial charge is 0.390 e. The number of aliphatic hydroxyl groups excluding tert-OH is 1. The minimum atomic E-state index is -0.0775. The number of morpholine rings is 1. The second kappa shape index (κ2) is 8.91. The molecule has 2 heterocycles. The Labute approximate surface area is 164 Å². The smallest absolute Gasteiger partial charge is 0.233 e. The highest BCUT2D eigenvalue weighted by molar-refractivity contribution is 7.99. The summed E-state index contributed by atoms with van der Waals surface area (Å²) in [4.78, 5) is 18.9. The maximum Gasteiger partial charge on any atom is 0.233 e. The van der Waals surface area contributed by atoms with Crippen LogP contribution in [0.4, 0.5) is 0 Å². The monoisotopic (exact) mass is 389 g/mol. The van der Waals surface area contributed by atoms with Crippen molar-refractivity contribution in [2.75, 3.05) is 18.8 Å². The van der Waals surface area contributed by atoms with E-state index in [0.29, 0.717) is 25.4 Å². The molecule has 27 heavy (non-hydrogen) atoms. The summed E-state index contributed by atoms with van der Waals surface area (Å²) in [6.45, 7) is 7.84. The molecule has 0 aliphatic carbocycles. The Morgan fingerprint density at radius 3 is 2.56 bits per heavy atom. The van der Waals surface area contributed by atoms with Crippen LogP contribution in [-0.2, 0) is 22.7 Å². The quantitative estimate of drug-likeness (QED) is 0.769. The van der Waals surface area contributed by atoms with Crippen molar-refractivity contribution in [2.45, 2.75) is 51.3 Å². The summed E-state index contributed by atoms with van der Waals surface area (Å²) >= 11 is 1.42. The van der Waals surface area contributed by atoms with Crippen LogP contribution in [-0.4, -0.2) is 56.5 Å². The first kappa shape index (κ1) is 19.9. The zero-order valence-corrected chi connectivity index (χ0v) is 16.9. The van der Waals surface area contributed by atoms with Gasteiger partial charge in [-0.3, -0.25) is 4.79 Å². The fourth-order valence-electron chi connectivity index (χ4n) is 3.28. The van der Waals surface area contributed by atoms with Gasteiger partial charge in [-0.05, 0) is 26.3 Å². The molecule has 0 unspecified atom stereocenters. The van der Waals surface area contributed by atoms with E-state index in [1.807, 2.05) is 23.3 Å². The Bertz CT molecular complexity index is 765. The Kier molecular flexibility index (Phi) is 6.57. The molecule has 6 nitrogen and oxygen atoms in total. The minimum absolute atomic E-state index is 0.0622. The van der Waals surface area contributed by atoms with Gasteiger partial charge in [0.2, 0.25) is 5.91 Å². The summed E-state index contributed by atoms with van der Waals surface area (Å²) < 4.78 is 7.68. The predicted octanol–water partition coefficient (Wildman–Crippen LogP) is 2.46. The predicted molar refractivity (Wildman–Crippen MR) is 106 cm³/mol. The fourth-order valence-corrected chi connectivity index (χ4v) is 4.18.